The molecular formula is C12H26O5Si2. The SMILES string of the molecule is C=C(C)C(=O)OCCC[Si](OC)(OC)O[Si](C)(C)C. The molecule has 0 aliphatic carbocycles. The van der Waals surface area contributed by atoms with Crippen LogP contribution in [-0.4, -0.2) is 43.9 Å². The van der Waals surface area contributed by atoms with E-state index in [-0.39, 0.29) is 5.97 Å². The van der Waals surface area contributed by atoms with Crippen LogP contribution < -0.4 is 0 Å². The van der Waals surface area contributed by atoms with Crippen molar-refractivity contribution in [3.05, 3.63) is 12.2 Å². The van der Waals surface area contributed by atoms with Crippen molar-refractivity contribution in [2.24, 2.45) is 0 Å². The molecule has 0 unspecified atom stereocenters. The minimum absolute atomic E-state index is 0.322. The fourth-order valence-corrected chi connectivity index (χ4v) is 7.42. The largest absolute Gasteiger partial charge is 0.490 e. The summed E-state index contributed by atoms with van der Waals surface area (Å²) in [5.41, 5.74) is 0.403. The van der Waals surface area contributed by atoms with Gasteiger partial charge in [0.25, 0.3) is 0 Å². The summed E-state index contributed by atoms with van der Waals surface area (Å²) in [6.45, 7) is 11.7. The third kappa shape index (κ3) is 7.63. The van der Waals surface area contributed by atoms with Gasteiger partial charge in [-0.3, -0.25) is 0 Å². The highest BCUT2D eigenvalue weighted by Crippen LogP contribution is 2.21. The summed E-state index contributed by atoms with van der Waals surface area (Å²) >= 11 is 0. The van der Waals surface area contributed by atoms with Crippen LogP contribution in [0.3, 0.4) is 0 Å². The molecule has 0 aliphatic rings. The van der Waals surface area contributed by atoms with Gasteiger partial charge >= 0.3 is 14.8 Å². The third-order valence-electron chi connectivity index (χ3n) is 2.29. The summed E-state index contributed by atoms with van der Waals surface area (Å²) in [6.07, 6.45) is 0.650. The molecular weight excluding hydrogens is 280 g/mol. The summed E-state index contributed by atoms with van der Waals surface area (Å²) in [7, 11) is -1.16. The van der Waals surface area contributed by atoms with Gasteiger partial charge in [0.15, 0.2) is 8.32 Å². The molecule has 0 aromatic heterocycles. The lowest BCUT2D eigenvalue weighted by molar-refractivity contribution is -0.139. The van der Waals surface area contributed by atoms with E-state index in [1.165, 1.54) is 0 Å². The van der Waals surface area contributed by atoms with Crippen molar-refractivity contribution in [2.75, 3.05) is 20.8 Å². The lowest BCUT2D eigenvalue weighted by Crippen LogP contribution is -2.51. The van der Waals surface area contributed by atoms with E-state index in [1.54, 1.807) is 21.1 Å². The Labute approximate surface area is 118 Å². The molecule has 0 fully saturated rings. The van der Waals surface area contributed by atoms with Crippen molar-refractivity contribution in [2.45, 2.75) is 39.0 Å². The number of carbonyl (C=O) groups excluding carboxylic acids is 1. The second-order valence-electron chi connectivity index (χ2n) is 5.33. The van der Waals surface area contributed by atoms with E-state index in [0.717, 1.165) is 0 Å². The molecule has 0 aromatic rings. The second kappa shape index (κ2) is 7.96. The Morgan fingerprint density at radius 3 is 2.05 bits per heavy atom. The van der Waals surface area contributed by atoms with Crippen molar-refractivity contribution in [3.63, 3.8) is 0 Å². The molecule has 5 nitrogen and oxygen atoms in total. The van der Waals surface area contributed by atoms with Gasteiger partial charge in [0, 0.05) is 25.8 Å². The van der Waals surface area contributed by atoms with Gasteiger partial charge in [-0.15, -0.1) is 0 Å². The van der Waals surface area contributed by atoms with E-state index in [2.05, 4.69) is 26.2 Å². The Hall–Kier alpha value is -0.476. The van der Waals surface area contributed by atoms with Gasteiger partial charge in [-0.1, -0.05) is 6.58 Å². The molecule has 0 atom stereocenters. The normalized spacial score (nSPS) is 12.3. The minimum atomic E-state index is -2.63. The Balaban J connectivity index is 4.29. The Kier molecular flexibility index (Phi) is 7.76. The molecule has 0 spiro atoms. The van der Waals surface area contributed by atoms with E-state index in [9.17, 15) is 4.79 Å². The molecule has 0 saturated carbocycles. The van der Waals surface area contributed by atoms with Crippen LogP contribution in [-0.2, 0) is 22.5 Å². The highest BCUT2D eigenvalue weighted by atomic mass is 28.5. The second-order valence-corrected chi connectivity index (χ2v) is 13.0. The Bertz CT molecular complexity index is 308. The van der Waals surface area contributed by atoms with Gasteiger partial charge in [0.05, 0.1) is 6.61 Å². The molecule has 0 bridgehead atoms. The number of hydrogen-bond donors (Lipinski definition) is 0. The predicted molar refractivity (Wildman–Crippen MR) is 79.4 cm³/mol. The van der Waals surface area contributed by atoms with Crippen molar-refractivity contribution in [3.8, 4) is 0 Å². The first-order chi connectivity index (χ1) is 8.66. The van der Waals surface area contributed by atoms with Crippen LogP contribution in [0, 0.1) is 0 Å². The van der Waals surface area contributed by atoms with Crippen LogP contribution in [0.2, 0.25) is 25.7 Å². The lowest BCUT2D eigenvalue weighted by atomic mass is 10.4. The maximum atomic E-state index is 11.2. The lowest BCUT2D eigenvalue weighted by Gasteiger charge is -2.32. The van der Waals surface area contributed by atoms with Crippen LogP contribution in [0.1, 0.15) is 13.3 Å². The molecule has 0 saturated heterocycles. The van der Waals surface area contributed by atoms with E-state index >= 15 is 0 Å². The quantitative estimate of drug-likeness (QED) is 0.284. The standard InChI is InChI=1S/C12H26O5Si2/c1-11(2)12(13)16-9-8-10-19(14-3,15-4)17-18(5,6)7/h1,8-10H2,2-7H3. The van der Waals surface area contributed by atoms with Crippen molar-refractivity contribution in [1.29, 1.82) is 0 Å². The summed E-state index contributed by atoms with van der Waals surface area (Å²) in [5, 5.41) is 0. The maximum Gasteiger partial charge on any atom is 0.490 e. The van der Waals surface area contributed by atoms with Gasteiger partial charge in [-0.25, -0.2) is 4.79 Å². The molecule has 0 radical (unpaired) electrons. The van der Waals surface area contributed by atoms with E-state index in [4.69, 9.17) is 17.7 Å². The Morgan fingerprint density at radius 1 is 1.16 bits per heavy atom. The van der Waals surface area contributed by atoms with Gasteiger partial charge in [0.2, 0.25) is 0 Å². The number of esters is 1. The van der Waals surface area contributed by atoms with Crippen LogP contribution in [0.25, 0.3) is 0 Å². The molecule has 112 valence electrons. The van der Waals surface area contributed by atoms with Crippen molar-refractivity contribution < 1.29 is 22.5 Å². The van der Waals surface area contributed by atoms with Crippen molar-refractivity contribution >= 4 is 23.1 Å². The van der Waals surface area contributed by atoms with Gasteiger partial charge in [0.1, 0.15) is 0 Å². The van der Waals surface area contributed by atoms with Crippen LogP contribution in [0.15, 0.2) is 12.2 Å². The third-order valence-corrected chi connectivity index (χ3v) is 8.20. The summed E-state index contributed by atoms with van der Waals surface area (Å²) in [6, 6.07) is 0.633. The van der Waals surface area contributed by atoms with Crippen molar-refractivity contribution in [1.82, 2.24) is 0 Å². The van der Waals surface area contributed by atoms with E-state index in [1.807, 2.05) is 0 Å². The summed E-state index contributed by atoms with van der Waals surface area (Å²) in [5.74, 6) is -0.367. The first-order valence-corrected chi connectivity index (χ1v) is 11.6. The molecule has 0 rings (SSSR count). The molecule has 0 N–H and O–H groups in total. The smallest absolute Gasteiger partial charge is 0.462 e. The van der Waals surface area contributed by atoms with Gasteiger partial charge < -0.3 is 17.7 Å². The van der Waals surface area contributed by atoms with Crippen LogP contribution in [0.5, 0.6) is 0 Å². The first kappa shape index (κ1) is 18.5. The molecule has 0 aromatic carbocycles. The Morgan fingerprint density at radius 2 is 1.68 bits per heavy atom. The number of hydrogen-bond acceptors (Lipinski definition) is 5. The fraction of sp³-hybridized carbons (Fsp3) is 0.750. The first-order valence-electron chi connectivity index (χ1n) is 6.29. The van der Waals surface area contributed by atoms with Crippen LogP contribution >= 0.6 is 0 Å². The zero-order valence-corrected chi connectivity index (χ0v) is 14.9. The highest BCUT2D eigenvalue weighted by molar-refractivity contribution is 6.79. The topological polar surface area (TPSA) is 54.0 Å². The molecule has 0 heterocycles. The highest BCUT2D eigenvalue weighted by Gasteiger charge is 2.42. The van der Waals surface area contributed by atoms with Crippen LogP contribution in [0.4, 0.5) is 0 Å². The monoisotopic (exact) mass is 306 g/mol. The number of ether oxygens (including phenoxy) is 1. The fourth-order valence-electron chi connectivity index (χ4n) is 1.47. The number of rotatable bonds is 9. The zero-order chi connectivity index (χ0) is 15.1. The molecule has 19 heavy (non-hydrogen) atoms. The van der Waals surface area contributed by atoms with Gasteiger partial charge in [-0.05, 0) is 33.0 Å². The molecule has 7 heteroatoms. The minimum Gasteiger partial charge on any atom is -0.462 e. The molecule has 0 amide bonds. The molecule has 0 aliphatic heterocycles. The average molecular weight is 307 g/mol. The average Bonchev–Trinajstić information content (AvgIpc) is 2.31. The summed E-state index contributed by atoms with van der Waals surface area (Å²) < 4.78 is 22.1. The predicted octanol–water partition coefficient (Wildman–Crippen LogP) is 2.58. The maximum absolute atomic E-state index is 11.2. The summed E-state index contributed by atoms with van der Waals surface area (Å²) in [4.78, 5) is 11.2. The number of carbonyl (C=O) groups is 1. The van der Waals surface area contributed by atoms with E-state index < -0.39 is 17.1 Å². The van der Waals surface area contributed by atoms with Gasteiger partial charge in [-0.2, -0.15) is 0 Å². The zero-order valence-electron chi connectivity index (χ0n) is 12.9. The van der Waals surface area contributed by atoms with E-state index in [0.29, 0.717) is 24.6 Å².